The zero-order chi connectivity index (χ0) is 14.5. The number of aromatic nitrogens is 3. The first-order valence-corrected chi connectivity index (χ1v) is 6.30. The lowest BCUT2D eigenvalue weighted by molar-refractivity contribution is -0.116. The minimum atomic E-state index is -0.165. The summed E-state index contributed by atoms with van der Waals surface area (Å²) < 4.78 is 1.26. The number of anilines is 1. The van der Waals surface area contributed by atoms with Crippen molar-refractivity contribution in [2.24, 2.45) is 7.05 Å². The molecule has 2 aromatic heterocycles. The Balaban J connectivity index is 1.92. The Morgan fingerprint density at radius 2 is 2.15 bits per heavy atom. The average molecular weight is 272 g/mol. The van der Waals surface area contributed by atoms with E-state index >= 15 is 0 Å². The zero-order valence-corrected chi connectivity index (χ0v) is 11.5. The molecule has 0 spiro atoms. The summed E-state index contributed by atoms with van der Waals surface area (Å²) in [5, 5.41) is 6.81. The van der Waals surface area contributed by atoms with Crippen LogP contribution in [0.5, 0.6) is 0 Å². The third-order valence-electron chi connectivity index (χ3n) is 2.81. The molecule has 0 bridgehead atoms. The highest BCUT2D eigenvalue weighted by Gasteiger charge is 2.05. The van der Waals surface area contributed by atoms with Crippen molar-refractivity contribution in [3.05, 3.63) is 52.1 Å². The van der Waals surface area contributed by atoms with Crippen LogP contribution in [0.25, 0.3) is 0 Å². The summed E-state index contributed by atoms with van der Waals surface area (Å²) in [7, 11) is 1.59. The summed E-state index contributed by atoms with van der Waals surface area (Å²) in [4.78, 5) is 27.1. The van der Waals surface area contributed by atoms with Crippen LogP contribution in [0.1, 0.15) is 17.7 Å². The molecule has 2 rings (SSSR count). The quantitative estimate of drug-likeness (QED) is 0.902. The highest BCUT2D eigenvalue weighted by molar-refractivity contribution is 5.89. The van der Waals surface area contributed by atoms with Crippen LogP contribution < -0.4 is 10.9 Å². The topological polar surface area (TPSA) is 76.9 Å². The molecule has 6 nitrogen and oxygen atoms in total. The molecular weight excluding hydrogens is 256 g/mol. The van der Waals surface area contributed by atoms with Gasteiger partial charge in [-0.15, -0.1) is 0 Å². The lowest BCUT2D eigenvalue weighted by Crippen LogP contribution is -2.20. The van der Waals surface area contributed by atoms with Crippen molar-refractivity contribution in [3.8, 4) is 0 Å². The maximum atomic E-state index is 11.8. The number of amides is 1. The number of nitrogens with zero attached hydrogens (tertiary/aromatic N) is 3. The fourth-order valence-electron chi connectivity index (χ4n) is 1.74. The Hall–Kier alpha value is -2.50. The number of nitrogens with one attached hydrogen (secondary N) is 1. The standard InChI is InChI=1S/C14H16N4O2/c1-10-7-8-15-12(9-10)16-13(19)5-3-11-4-6-14(20)18(2)17-11/h4,6-9H,3,5H2,1-2H3,(H,15,16,19). The van der Waals surface area contributed by atoms with Gasteiger partial charge in [-0.1, -0.05) is 0 Å². The van der Waals surface area contributed by atoms with Crippen molar-refractivity contribution in [1.29, 1.82) is 0 Å². The summed E-state index contributed by atoms with van der Waals surface area (Å²) in [6, 6.07) is 6.76. The van der Waals surface area contributed by atoms with E-state index in [0.29, 0.717) is 24.4 Å². The van der Waals surface area contributed by atoms with Gasteiger partial charge >= 0.3 is 0 Å². The maximum Gasteiger partial charge on any atom is 0.266 e. The van der Waals surface area contributed by atoms with Crippen LogP contribution in [0.2, 0.25) is 0 Å². The SMILES string of the molecule is Cc1ccnc(NC(=O)CCc2ccc(=O)n(C)n2)c1. The number of aryl methyl sites for hydroxylation is 3. The molecule has 0 aliphatic heterocycles. The first kappa shape index (κ1) is 13.9. The van der Waals surface area contributed by atoms with Crippen molar-refractivity contribution in [1.82, 2.24) is 14.8 Å². The van der Waals surface area contributed by atoms with Gasteiger partial charge in [-0.25, -0.2) is 9.67 Å². The monoisotopic (exact) mass is 272 g/mol. The minimum absolute atomic E-state index is 0.126. The van der Waals surface area contributed by atoms with Crippen molar-refractivity contribution in [2.75, 3.05) is 5.32 Å². The molecule has 1 amide bonds. The third kappa shape index (κ3) is 3.74. The Labute approximate surface area is 116 Å². The molecule has 20 heavy (non-hydrogen) atoms. The van der Waals surface area contributed by atoms with Gasteiger partial charge in [-0.05, 0) is 30.7 Å². The molecular formula is C14H16N4O2. The molecule has 0 aliphatic rings. The molecule has 0 fully saturated rings. The van der Waals surface area contributed by atoms with Gasteiger partial charge < -0.3 is 5.32 Å². The van der Waals surface area contributed by atoms with Crippen LogP contribution in [-0.4, -0.2) is 20.7 Å². The highest BCUT2D eigenvalue weighted by Crippen LogP contribution is 2.06. The van der Waals surface area contributed by atoms with Crippen molar-refractivity contribution in [2.45, 2.75) is 19.8 Å². The van der Waals surface area contributed by atoms with Crippen LogP contribution in [0, 0.1) is 6.92 Å². The number of pyridine rings is 1. The van der Waals surface area contributed by atoms with E-state index in [1.54, 1.807) is 19.3 Å². The van der Waals surface area contributed by atoms with E-state index in [1.165, 1.54) is 10.7 Å². The molecule has 2 aromatic rings. The van der Waals surface area contributed by atoms with Crippen LogP contribution in [-0.2, 0) is 18.3 Å². The van der Waals surface area contributed by atoms with E-state index < -0.39 is 0 Å². The lowest BCUT2D eigenvalue weighted by atomic mass is 10.2. The van der Waals surface area contributed by atoms with Crippen LogP contribution >= 0.6 is 0 Å². The number of rotatable bonds is 4. The largest absolute Gasteiger partial charge is 0.311 e. The first-order valence-electron chi connectivity index (χ1n) is 6.30. The third-order valence-corrected chi connectivity index (χ3v) is 2.81. The Bertz CT molecular complexity index is 679. The fraction of sp³-hybridized carbons (Fsp3) is 0.286. The van der Waals surface area contributed by atoms with E-state index in [2.05, 4.69) is 15.4 Å². The smallest absolute Gasteiger partial charge is 0.266 e. The van der Waals surface area contributed by atoms with Gasteiger partial charge in [0.15, 0.2) is 0 Å². The molecule has 0 atom stereocenters. The molecule has 0 aliphatic carbocycles. The summed E-state index contributed by atoms with van der Waals surface area (Å²) in [6.45, 7) is 1.94. The Morgan fingerprint density at radius 3 is 2.85 bits per heavy atom. The molecule has 2 heterocycles. The van der Waals surface area contributed by atoms with Crippen LogP contribution in [0.3, 0.4) is 0 Å². The summed E-state index contributed by atoms with van der Waals surface area (Å²) in [5.74, 6) is 0.419. The van der Waals surface area contributed by atoms with Gasteiger partial charge in [0.2, 0.25) is 5.91 Å². The fourth-order valence-corrected chi connectivity index (χ4v) is 1.74. The highest BCUT2D eigenvalue weighted by atomic mass is 16.1. The normalized spacial score (nSPS) is 10.3. The van der Waals surface area contributed by atoms with E-state index in [1.807, 2.05) is 19.1 Å². The minimum Gasteiger partial charge on any atom is -0.311 e. The summed E-state index contributed by atoms with van der Waals surface area (Å²) in [5.41, 5.74) is 1.58. The summed E-state index contributed by atoms with van der Waals surface area (Å²) in [6.07, 6.45) is 2.42. The Kier molecular flexibility index (Phi) is 4.24. The van der Waals surface area contributed by atoms with E-state index in [4.69, 9.17) is 0 Å². The Morgan fingerprint density at radius 1 is 1.35 bits per heavy atom. The van der Waals surface area contributed by atoms with Gasteiger partial charge in [0, 0.05) is 32.2 Å². The average Bonchev–Trinajstić information content (AvgIpc) is 2.40. The molecule has 0 radical (unpaired) electrons. The molecule has 1 N–H and O–H groups in total. The maximum absolute atomic E-state index is 11.8. The second kappa shape index (κ2) is 6.10. The lowest BCUT2D eigenvalue weighted by Gasteiger charge is -2.05. The zero-order valence-electron chi connectivity index (χ0n) is 11.5. The molecule has 6 heteroatoms. The van der Waals surface area contributed by atoms with Crippen LogP contribution in [0.4, 0.5) is 5.82 Å². The number of hydrogen-bond donors (Lipinski definition) is 1. The van der Waals surface area contributed by atoms with Gasteiger partial charge in [0.25, 0.3) is 5.56 Å². The van der Waals surface area contributed by atoms with Gasteiger partial charge in [-0.3, -0.25) is 9.59 Å². The van der Waals surface area contributed by atoms with Gasteiger partial charge in [0.05, 0.1) is 5.69 Å². The van der Waals surface area contributed by atoms with Crippen molar-refractivity contribution < 1.29 is 4.79 Å². The number of hydrogen-bond acceptors (Lipinski definition) is 4. The molecule has 0 aromatic carbocycles. The molecule has 0 unspecified atom stereocenters. The summed E-state index contributed by atoms with van der Waals surface area (Å²) >= 11 is 0. The van der Waals surface area contributed by atoms with E-state index in [0.717, 1.165) is 5.56 Å². The predicted molar refractivity (Wildman–Crippen MR) is 75.4 cm³/mol. The predicted octanol–water partition coefficient (Wildman–Crippen LogP) is 1.06. The van der Waals surface area contributed by atoms with Gasteiger partial charge in [0.1, 0.15) is 5.82 Å². The second-order valence-electron chi connectivity index (χ2n) is 4.55. The molecule has 104 valence electrons. The second-order valence-corrected chi connectivity index (χ2v) is 4.55. The van der Waals surface area contributed by atoms with E-state index in [9.17, 15) is 9.59 Å². The van der Waals surface area contributed by atoms with E-state index in [-0.39, 0.29) is 11.5 Å². The molecule has 0 saturated carbocycles. The number of carbonyl (C=O) groups is 1. The van der Waals surface area contributed by atoms with Gasteiger partial charge in [-0.2, -0.15) is 5.10 Å². The first-order chi connectivity index (χ1) is 9.54. The van der Waals surface area contributed by atoms with Crippen LogP contribution in [0.15, 0.2) is 35.3 Å². The van der Waals surface area contributed by atoms with Crippen molar-refractivity contribution >= 4 is 11.7 Å². The molecule has 0 saturated heterocycles. The van der Waals surface area contributed by atoms with Crippen molar-refractivity contribution in [3.63, 3.8) is 0 Å². The number of carbonyl (C=O) groups excluding carboxylic acids is 1.